The third kappa shape index (κ3) is 5.95. The van der Waals surface area contributed by atoms with Crippen LogP contribution in [-0.2, 0) is 16.1 Å². The van der Waals surface area contributed by atoms with Crippen molar-refractivity contribution in [1.82, 2.24) is 4.98 Å². The molecular weight excluding hydrogens is 464 g/mol. The number of rotatable bonds is 5. The highest BCUT2D eigenvalue weighted by Crippen LogP contribution is 2.35. The van der Waals surface area contributed by atoms with Gasteiger partial charge in [-0.05, 0) is 72.5 Å². The molecule has 3 aromatic carbocycles. The minimum Gasteiger partial charge on any atom is -0.444 e. The number of carbonyl (C=O) groups excluding carboxylic acids is 2. The third-order valence-corrected chi connectivity index (χ3v) is 6.18. The van der Waals surface area contributed by atoms with Gasteiger partial charge < -0.3 is 15.4 Å². The van der Waals surface area contributed by atoms with E-state index in [1.807, 2.05) is 62.4 Å². The summed E-state index contributed by atoms with van der Waals surface area (Å²) in [6, 6.07) is 27.0. The van der Waals surface area contributed by atoms with E-state index in [0.29, 0.717) is 11.4 Å². The van der Waals surface area contributed by atoms with Crippen LogP contribution in [0.2, 0.25) is 0 Å². The first kappa shape index (κ1) is 24.1. The van der Waals surface area contributed by atoms with Crippen LogP contribution in [-0.4, -0.2) is 17.0 Å². The fourth-order valence-electron chi connectivity index (χ4n) is 4.49. The minimum atomic E-state index is -0.562. The molecule has 1 aliphatic heterocycles. The van der Waals surface area contributed by atoms with E-state index in [1.165, 1.54) is 0 Å². The number of ether oxygens (including phenoxy) is 1. The highest BCUT2D eigenvalue weighted by atomic mass is 16.5. The zero-order valence-electron chi connectivity index (χ0n) is 20.7. The molecule has 2 amide bonds. The van der Waals surface area contributed by atoms with Crippen LogP contribution in [0.15, 0.2) is 84.9 Å². The summed E-state index contributed by atoms with van der Waals surface area (Å²) < 4.78 is 5.30. The van der Waals surface area contributed by atoms with E-state index in [9.17, 15) is 9.59 Å². The Hall–Kier alpha value is -4.65. The van der Waals surface area contributed by atoms with Gasteiger partial charge in [0.15, 0.2) is 0 Å². The number of hydrogen-bond donors (Lipinski definition) is 3. The molecule has 2 heterocycles. The SMILES string of the molecule is Cc1cc(-c2cccc(C3CC(=O)Nc4cc(NC(=O)OCc5ccccc5)ccc4N3)c2)cc(C)n1. The van der Waals surface area contributed by atoms with Crippen LogP contribution < -0.4 is 16.0 Å². The molecule has 4 aromatic rings. The topological polar surface area (TPSA) is 92.4 Å². The maximum Gasteiger partial charge on any atom is 0.411 e. The van der Waals surface area contributed by atoms with Crippen LogP contribution in [0, 0.1) is 13.8 Å². The van der Waals surface area contributed by atoms with Gasteiger partial charge in [-0.15, -0.1) is 0 Å². The van der Waals surface area contributed by atoms with Gasteiger partial charge in [0.25, 0.3) is 0 Å². The first-order valence-corrected chi connectivity index (χ1v) is 12.2. The molecule has 1 atom stereocenters. The number of hydrogen-bond acceptors (Lipinski definition) is 5. The molecule has 1 aliphatic rings. The quantitative estimate of drug-likeness (QED) is 0.292. The monoisotopic (exact) mass is 492 g/mol. The summed E-state index contributed by atoms with van der Waals surface area (Å²) >= 11 is 0. The zero-order chi connectivity index (χ0) is 25.8. The van der Waals surface area contributed by atoms with Crippen LogP contribution in [0.25, 0.3) is 11.1 Å². The maximum atomic E-state index is 12.8. The largest absolute Gasteiger partial charge is 0.444 e. The van der Waals surface area contributed by atoms with Crippen molar-refractivity contribution in [2.75, 3.05) is 16.0 Å². The normalized spacial score (nSPS) is 14.5. The summed E-state index contributed by atoms with van der Waals surface area (Å²) in [5.74, 6) is -0.110. The van der Waals surface area contributed by atoms with Crippen molar-refractivity contribution in [3.63, 3.8) is 0 Å². The molecule has 7 heteroatoms. The Balaban J connectivity index is 1.31. The number of amides is 2. The standard InChI is InChI=1S/C30H28N4O3/c1-19-13-24(14-20(2)31-19)22-9-6-10-23(15-22)27-17-29(35)34-28-16-25(11-12-26(28)33-27)32-30(36)37-18-21-7-4-3-5-8-21/h3-16,27,33H,17-18H2,1-2H3,(H,32,36)(H,34,35). The highest BCUT2D eigenvalue weighted by Gasteiger charge is 2.23. The van der Waals surface area contributed by atoms with Gasteiger partial charge in [-0.3, -0.25) is 15.1 Å². The van der Waals surface area contributed by atoms with Crippen molar-refractivity contribution in [2.24, 2.45) is 0 Å². The Morgan fingerprint density at radius 3 is 2.49 bits per heavy atom. The van der Waals surface area contributed by atoms with E-state index in [1.54, 1.807) is 12.1 Å². The summed E-state index contributed by atoms with van der Waals surface area (Å²) in [6.07, 6.45) is -0.290. The van der Waals surface area contributed by atoms with Gasteiger partial charge in [-0.2, -0.15) is 0 Å². The molecule has 0 spiro atoms. The number of aromatic nitrogens is 1. The van der Waals surface area contributed by atoms with Crippen LogP contribution in [0.3, 0.4) is 0 Å². The zero-order valence-corrected chi connectivity index (χ0v) is 20.7. The summed E-state index contributed by atoms with van der Waals surface area (Å²) in [7, 11) is 0. The molecule has 0 bridgehead atoms. The molecule has 37 heavy (non-hydrogen) atoms. The van der Waals surface area contributed by atoms with Crippen LogP contribution in [0.5, 0.6) is 0 Å². The van der Waals surface area contributed by atoms with Gasteiger partial charge >= 0.3 is 6.09 Å². The number of carbonyl (C=O) groups is 2. The first-order valence-electron chi connectivity index (χ1n) is 12.2. The molecule has 1 unspecified atom stereocenters. The van der Waals surface area contributed by atoms with E-state index < -0.39 is 6.09 Å². The average Bonchev–Trinajstić information content (AvgIpc) is 3.05. The van der Waals surface area contributed by atoms with E-state index in [2.05, 4.69) is 45.2 Å². The fourth-order valence-corrected chi connectivity index (χ4v) is 4.49. The van der Waals surface area contributed by atoms with Crippen molar-refractivity contribution in [3.8, 4) is 11.1 Å². The van der Waals surface area contributed by atoms with E-state index in [-0.39, 0.29) is 25.0 Å². The molecular formula is C30H28N4O3. The molecule has 7 nitrogen and oxygen atoms in total. The summed E-state index contributed by atoms with van der Waals surface area (Å²) in [5.41, 5.74) is 7.93. The van der Waals surface area contributed by atoms with Gasteiger partial charge in [0, 0.05) is 17.1 Å². The Bertz CT molecular complexity index is 1430. The Kier molecular flexibility index (Phi) is 6.85. The Morgan fingerprint density at radius 2 is 1.70 bits per heavy atom. The number of benzene rings is 3. The second-order valence-corrected chi connectivity index (χ2v) is 9.16. The number of aryl methyl sites for hydroxylation is 2. The molecule has 0 fully saturated rings. The number of nitrogens with one attached hydrogen (secondary N) is 3. The summed E-state index contributed by atoms with van der Waals surface area (Å²) in [5, 5.41) is 9.18. The Labute approximate surface area is 215 Å². The second-order valence-electron chi connectivity index (χ2n) is 9.16. The second kappa shape index (κ2) is 10.5. The predicted octanol–water partition coefficient (Wildman–Crippen LogP) is 6.61. The molecule has 1 aromatic heterocycles. The smallest absolute Gasteiger partial charge is 0.411 e. The van der Waals surface area contributed by atoms with Gasteiger partial charge in [0.05, 0.1) is 23.8 Å². The van der Waals surface area contributed by atoms with Crippen molar-refractivity contribution >= 4 is 29.1 Å². The number of anilines is 3. The van der Waals surface area contributed by atoms with Crippen LogP contribution in [0.1, 0.15) is 35.0 Å². The first-order chi connectivity index (χ1) is 17.9. The minimum absolute atomic E-state index is 0.110. The van der Waals surface area contributed by atoms with Crippen molar-refractivity contribution < 1.29 is 14.3 Å². The fraction of sp³-hybridized carbons (Fsp3) is 0.167. The summed E-state index contributed by atoms with van der Waals surface area (Å²) in [6.45, 7) is 4.15. The number of fused-ring (bicyclic) bond motifs is 1. The Morgan fingerprint density at radius 1 is 0.919 bits per heavy atom. The van der Waals surface area contributed by atoms with Gasteiger partial charge in [0.1, 0.15) is 6.61 Å². The maximum absolute atomic E-state index is 12.8. The average molecular weight is 493 g/mol. The molecule has 186 valence electrons. The van der Waals surface area contributed by atoms with Crippen molar-refractivity contribution in [2.45, 2.75) is 32.9 Å². The van der Waals surface area contributed by atoms with Crippen molar-refractivity contribution in [1.29, 1.82) is 0 Å². The lowest BCUT2D eigenvalue weighted by Crippen LogP contribution is -2.15. The lowest BCUT2D eigenvalue weighted by Gasteiger charge is -2.19. The van der Waals surface area contributed by atoms with Gasteiger partial charge in [-0.1, -0.05) is 48.5 Å². The number of pyridine rings is 1. The van der Waals surface area contributed by atoms with Crippen LogP contribution >= 0.6 is 0 Å². The summed E-state index contributed by atoms with van der Waals surface area (Å²) in [4.78, 5) is 29.5. The highest BCUT2D eigenvalue weighted by molar-refractivity contribution is 5.98. The van der Waals surface area contributed by atoms with E-state index in [4.69, 9.17) is 4.74 Å². The van der Waals surface area contributed by atoms with E-state index >= 15 is 0 Å². The molecule has 0 radical (unpaired) electrons. The lowest BCUT2D eigenvalue weighted by atomic mass is 9.97. The third-order valence-electron chi connectivity index (χ3n) is 6.18. The van der Waals surface area contributed by atoms with Gasteiger partial charge in [-0.25, -0.2) is 4.79 Å². The van der Waals surface area contributed by atoms with Crippen molar-refractivity contribution in [3.05, 3.63) is 107 Å². The van der Waals surface area contributed by atoms with Gasteiger partial charge in [0.2, 0.25) is 5.91 Å². The molecule has 3 N–H and O–H groups in total. The number of nitrogens with zero attached hydrogens (tertiary/aromatic N) is 1. The van der Waals surface area contributed by atoms with E-state index in [0.717, 1.165) is 39.3 Å². The van der Waals surface area contributed by atoms with Crippen LogP contribution in [0.4, 0.5) is 21.9 Å². The lowest BCUT2D eigenvalue weighted by molar-refractivity contribution is -0.116. The molecule has 5 rings (SSSR count). The predicted molar refractivity (Wildman–Crippen MR) is 145 cm³/mol. The molecule has 0 saturated heterocycles. The molecule has 0 saturated carbocycles. The molecule has 0 aliphatic carbocycles.